The van der Waals surface area contributed by atoms with Crippen LogP contribution in [0.2, 0.25) is 0 Å². The van der Waals surface area contributed by atoms with Crippen LogP contribution in [0.5, 0.6) is 0 Å². The van der Waals surface area contributed by atoms with Crippen molar-refractivity contribution >= 4 is 0 Å². The van der Waals surface area contributed by atoms with Crippen molar-refractivity contribution < 1.29 is 0 Å². The van der Waals surface area contributed by atoms with E-state index in [-0.39, 0.29) is 0 Å². The van der Waals surface area contributed by atoms with Crippen molar-refractivity contribution in [2.24, 2.45) is 0 Å². The minimum absolute atomic E-state index is 0.447. The van der Waals surface area contributed by atoms with Gasteiger partial charge in [0.25, 0.3) is 0 Å². The number of hydrogen-bond donors (Lipinski definition) is 0. The molecule has 128 valence electrons. The average molecular weight is 333 g/mol. The Hall–Kier alpha value is -2.53. The zero-order valence-electron chi connectivity index (χ0n) is 14.5. The fraction of sp³-hybridized carbons (Fsp3) is 0.350. The van der Waals surface area contributed by atoms with E-state index in [1.165, 1.54) is 24.1 Å². The summed E-state index contributed by atoms with van der Waals surface area (Å²) in [7, 11) is 0. The third-order valence-corrected chi connectivity index (χ3v) is 4.88. The highest BCUT2D eigenvalue weighted by atomic mass is 15.2. The molecule has 0 bridgehead atoms. The second-order valence-corrected chi connectivity index (χ2v) is 6.73. The first kappa shape index (κ1) is 16.0. The first-order valence-corrected chi connectivity index (χ1v) is 8.87. The Morgan fingerprint density at radius 3 is 2.68 bits per heavy atom. The standard InChI is InChI=1S/C20H23N5/c1-16-11-23-20(18-6-3-9-22-13-18)25(16)19-7-4-10-24(15-19)14-17-5-2-8-21-12-17/h2-3,5-6,8-9,11-13,19H,4,7,10,14-15H2,1H3. The van der Waals surface area contributed by atoms with Crippen molar-refractivity contribution in [3.05, 3.63) is 66.5 Å². The number of rotatable bonds is 4. The summed E-state index contributed by atoms with van der Waals surface area (Å²) in [6.07, 6.45) is 11.9. The molecule has 1 aliphatic rings. The molecule has 3 aromatic rings. The van der Waals surface area contributed by atoms with Crippen molar-refractivity contribution in [1.29, 1.82) is 0 Å². The number of pyridine rings is 2. The van der Waals surface area contributed by atoms with Gasteiger partial charge in [-0.1, -0.05) is 6.07 Å². The molecule has 1 aliphatic heterocycles. The number of hydrogen-bond acceptors (Lipinski definition) is 4. The quantitative estimate of drug-likeness (QED) is 0.733. The monoisotopic (exact) mass is 333 g/mol. The fourth-order valence-corrected chi connectivity index (χ4v) is 3.75. The lowest BCUT2D eigenvalue weighted by Gasteiger charge is -2.34. The first-order valence-electron chi connectivity index (χ1n) is 8.87. The highest BCUT2D eigenvalue weighted by Crippen LogP contribution is 2.29. The van der Waals surface area contributed by atoms with Crippen LogP contribution >= 0.6 is 0 Å². The van der Waals surface area contributed by atoms with E-state index in [0.717, 1.165) is 31.0 Å². The molecular weight excluding hydrogens is 310 g/mol. The van der Waals surface area contributed by atoms with Gasteiger partial charge in [0, 0.05) is 61.4 Å². The van der Waals surface area contributed by atoms with Crippen molar-refractivity contribution in [2.75, 3.05) is 13.1 Å². The second-order valence-electron chi connectivity index (χ2n) is 6.73. The van der Waals surface area contributed by atoms with Crippen LogP contribution in [0.25, 0.3) is 11.4 Å². The highest BCUT2D eigenvalue weighted by molar-refractivity contribution is 5.54. The van der Waals surface area contributed by atoms with E-state index in [4.69, 9.17) is 0 Å². The molecule has 3 aromatic heterocycles. The molecular formula is C20H23N5. The van der Waals surface area contributed by atoms with Gasteiger partial charge in [0.2, 0.25) is 0 Å². The van der Waals surface area contributed by atoms with Gasteiger partial charge < -0.3 is 4.57 Å². The molecule has 0 aliphatic carbocycles. The van der Waals surface area contributed by atoms with E-state index in [9.17, 15) is 0 Å². The van der Waals surface area contributed by atoms with Crippen molar-refractivity contribution in [1.82, 2.24) is 24.4 Å². The zero-order valence-corrected chi connectivity index (χ0v) is 14.5. The van der Waals surface area contributed by atoms with Gasteiger partial charge in [-0.3, -0.25) is 14.9 Å². The molecule has 5 heteroatoms. The Morgan fingerprint density at radius 1 is 1.08 bits per heavy atom. The minimum Gasteiger partial charge on any atom is -0.324 e. The summed E-state index contributed by atoms with van der Waals surface area (Å²) < 4.78 is 2.40. The van der Waals surface area contributed by atoms with E-state index in [1.807, 2.05) is 36.9 Å². The van der Waals surface area contributed by atoms with Crippen LogP contribution in [0.15, 0.2) is 55.2 Å². The van der Waals surface area contributed by atoms with E-state index < -0.39 is 0 Å². The van der Waals surface area contributed by atoms with Gasteiger partial charge in [-0.15, -0.1) is 0 Å². The molecule has 0 aromatic carbocycles. The molecule has 0 saturated carbocycles. The van der Waals surface area contributed by atoms with Crippen LogP contribution in [-0.4, -0.2) is 37.5 Å². The van der Waals surface area contributed by atoms with Crippen molar-refractivity contribution in [2.45, 2.75) is 32.4 Å². The molecule has 0 amide bonds. The molecule has 1 unspecified atom stereocenters. The third-order valence-electron chi connectivity index (χ3n) is 4.88. The lowest BCUT2D eigenvalue weighted by Crippen LogP contribution is -2.36. The molecule has 0 radical (unpaired) electrons. The molecule has 1 saturated heterocycles. The summed E-state index contributed by atoms with van der Waals surface area (Å²) in [5.41, 5.74) is 3.57. The lowest BCUT2D eigenvalue weighted by molar-refractivity contribution is 0.170. The molecule has 25 heavy (non-hydrogen) atoms. The van der Waals surface area contributed by atoms with Crippen LogP contribution < -0.4 is 0 Å². The van der Waals surface area contributed by atoms with E-state index in [2.05, 4.69) is 43.5 Å². The average Bonchev–Trinajstić information content (AvgIpc) is 3.05. The lowest BCUT2D eigenvalue weighted by atomic mass is 10.0. The van der Waals surface area contributed by atoms with E-state index in [1.54, 1.807) is 6.20 Å². The predicted octanol–water partition coefficient (Wildman–Crippen LogP) is 3.49. The molecule has 0 spiro atoms. The Balaban J connectivity index is 1.57. The Bertz CT molecular complexity index is 813. The molecule has 5 nitrogen and oxygen atoms in total. The van der Waals surface area contributed by atoms with Crippen molar-refractivity contribution in [3.8, 4) is 11.4 Å². The van der Waals surface area contributed by atoms with Crippen molar-refractivity contribution in [3.63, 3.8) is 0 Å². The SMILES string of the molecule is Cc1cnc(-c2cccnc2)n1C1CCCN(Cc2cccnc2)C1. The van der Waals surface area contributed by atoms with Crippen LogP contribution in [0.4, 0.5) is 0 Å². The molecule has 0 N–H and O–H groups in total. The number of aryl methyl sites for hydroxylation is 1. The molecule has 1 atom stereocenters. The largest absolute Gasteiger partial charge is 0.324 e. The maximum Gasteiger partial charge on any atom is 0.141 e. The smallest absolute Gasteiger partial charge is 0.141 e. The zero-order chi connectivity index (χ0) is 17.1. The van der Waals surface area contributed by atoms with E-state index in [0.29, 0.717) is 6.04 Å². The minimum atomic E-state index is 0.447. The van der Waals surface area contributed by atoms with Gasteiger partial charge >= 0.3 is 0 Å². The number of imidazole rings is 1. The topological polar surface area (TPSA) is 46.8 Å². The van der Waals surface area contributed by atoms with Gasteiger partial charge in [0.05, 0.1) is 0 Å². The highest BCUT2D eigenvalue weighted by Gasteiger charge is 2.25. The van der Waals surface area contributed by atoms with Gasteiger partial charge in [0.15, 0.2) is 0 Å². The first-order chi connectivity index (χ1) is 12.3. The third kappa shape index (κ3) is 3.46. The molecule has 4 rings (SSSR count). The molecule has 4 heterocycles. The Labute approximate surface area is 148 Å². The second kappa shape index (κ2) is 7.15. The fourth-order valence-electron chi connectivity index (χ4n) is 3.75. The predicted molar refractivity (Wildman–Crippen MR) is 98.0 cm³/mol. The van der Waals surface area contributed by atoms with E-state index >= 15 is 0 Å². The Morgan fingerprint density at radius 2 is 1.92 bits per heavy atom. The van der Waals surface area contributed by atoms with Crippen LogP contribution in [0.1, 0.15) is 30.1 Å². The molecule has 1 fully saturated rings. The van der Waals surface area contributed by atoms with Gasteiger partial charge in [-0.05, 0) is 50.1 Å². The maximum absolute atomic E-state index is 4.66. The summed E-state index contributed by atoms with van der Waals surface area (Å²) in [6, 6.07) is 8.67. The number of nitrogens with zero attached hydrogens (tertiary/aromatic N) is 5. The van der Waals surface area contributed by atoms with Gasteiger partial charge in [0.1, 0.15) is 5.82 Å². The summed E-state index contributed by atoms with van der Waals surface area (Å²) >= 11 is 0. The van der Waals surface area contributed by atoms with Crippen LogP contribution in [0.3, 0.4) is 0 Å². The summed E-state index contributed by atoms with van der Waals surface area (Å²) in [4.78, 5) is 15.7. The summed E-state index contributed by atoms with van der Waals surface area (Å²) in [5.74, 6) is 1.03. The summed E-state index contributed by atoms with van der Waals surface area (Å²) in [5, 5.41) is 0. The number of aromatic nitrogens is 4. The normalized spacial score (nSPS) is 18.4. The summed E-state index contributed by atoms with van der Waals surface area (Å²) in [6.45, 7) is 5.29. The maximum atomic E-state index is 4.66. The number of piperidine rings is 1. The van der Waals surface area contributed by atoms with Crippen LogP contribution in [-0.2, 0) is 6.54 Å². The van der Waals surface area contributed by atoms with Gasteiger partial charge in [-0.2, -0.15) is 0 Å². The van der Waals surface area contributed by atoms with Crippen LogP contribution in [0, 0.1) is 6.92 Å². The Kier molecular flexibility index (Phi) is 4.57. The van der Waals surface area contributed by atoms with Gasteiger partial charge in [-0.25, -0.2) is 4.98 Å². The number of likely N-dealkylation sites (tertiary alicyclic amines) is 1.